The van der Waals surface area contributed by atoms with Crippen LogP contribution < -0.4 is 44.6 Å². The van der Waals surface area contributed by atoms with Crippen LogP contribution in [-0.2, 0) is 35.2 Å². The van der Waals surface area contributed by atoms with Gasteiger partial charge in [0.25, 0.3) is 0 Å². The van der Waals surface area contributed by atoms with Gasteiger partial charge in [0, 0.05) is 19.4 Å². The summed E-state index contributed by atoms with van der Waals surface area (Å²) in [6.45, 7) is 0.109. The SMILES string of the molecule is NC(=O)CCC(NC(=O)C(N)CC(N)=O)C(=O)NC(CCCN=C(N)N)C(=O)NC(Cc1ccccc1)C(=O)O. The lowest BCUT2D eigenvalue weighted by Crippen LogP contribution is -2.57. The van der Waals surface area contributed by atoms with Crippen LogP contribution >= 0.6 is 0 Å². The second-order valence-electron chi connectivity index (χ2n) is 8.94. The number of carboxylic acid groups (broad SMARTS) is 1. The molecule has 5 amide bonds. The summed E-state index contributed by atoms with van der Waals surface area (Å²) in [5, 5.41) is 16.9. The van der Waals surface area contributed by atoms with E-state index in [2.05, 4.69) is 20.9 Å². The number of hydrogen-bond donors (Lipinski definition) is 9. The molecule has 0 spiro atoms. The second-order valence-corrected chi connectivity index (χ2v) is 8.94. The lowest BCUT2D eigenvalue weighted by Gasteiger charge is -2.25. The highest BCUT2D eigenvalue weighted by atomic mass is 16.4. The Bertz CT molecular complexity index is 1080. The summed E-state index contributed by atoms with van der Waals surface area (Å²) in [6.07, 6.45) is -0.860. The summed E-state index contributed by atoms with van der Waals surface area (Å²) >= 11 is 0. The molecule has 0 fully saturated rings. The Kier molecular flexibility index (Phi) is 14.1. The van der Waals surface area contributed by atoms with Gasteiger partial charge in [-0.2, -0.15) is 0 Å². The summed E-state index contributed by atoms with van der Waals surface area (Å²) in [6, 6.07) is 3.28. The van der Waals surface area contributed by atoms with Gasteiger partial charge in [-0.25, -0.2) is 4.79 Å². The molecule has 0 aromatic heterocycles. The van der Waals surface area contributed by atoms with Crippen molar-refractivity contribution in [3.63, 3.8) is 0 Å². The van der Waals surface area contributed by atoms with Gasteiger partial charge in [0.05, 0.1) is 12.5 Å². The van der Waals surface area contributed by atoms with Gasteiger partial charge in [0.2, 0.25) is 29.5 Å². The maximum absolute atomic E-state index is 13.1. The highest BCUT2D eigenvalue weighted by Crippen LogP contribution is 2.07. The van der Waals surface area contributed by atoms with Gasteiger partial charge >= 0.3 is 5.97 Å². The zero-order chi connectivity index (χ0) is 30.2. The van der Waals surface area contributed by atoms with E-state index in [1.807, 2.05) is 0 Å². The Labute approximate surface area is 230 Å². The largest absolute Gasteiger partial charge is 0.480 e. The van der Waals surface area contributed by atoms with E-state index < -0.39 is 66.1 Å². The molecule has 1 rings (SSSR count). The number of aliphatic carboxylic acids is 1. The van der Waals surface area contributed by atoms with Crippen molar-refractivity contribution in [3.05, 3.63) is 35.9 Å². The average molecular weight is 564 g/mol. The van der Waals surface area contributed by atoms with Crippen LogP contribution in [0, 0.1) is 0 Å². The Balaban J connectivity index is 3.10. The van der Waals surface area contributed by atoms with E-state index in [1.54, 1.807) is 30.3 Å². The van der Waals surface area contributed by atoms with Gasteiger partial charge in [0.15, 0.2) is 5.96 Å². The topological polar surface area (TPSA) is 301 Å². The van der Waals surface area contributed by atoms with Crippen molar-refractivity contribution >= 4 is 41.5 Å². The van der Waals surface area contributed by atoms with E-state index in [4.69, 9.17) is 28.7 Å². The van der Waals surface area contributed by atoms with Crippen LogP contribution in [0.1, 0.15) is 37.7 Å². The molecule has 0 aliphatic heterocycles. The molecule has 4 atom stereocenters. The van der Waals surface area contributed by atoms with E-state index in [1.165, 1.54) is 0 Å². The van der Waals surface area contributed by atoms with Gasteiger partial charge in [0.1, 0.15) is 18.1 Å². The molecule has 16 heteroatoms. The van der Waals surface area contributed by atoms with Crippen molar-refractivity contribution < 1.29 is 33.9 Å². The molecule has 220 valence electrons. The quantitative estimate of drug-likeness (QED) is 0.0478. The normalized spacial score (nSPS) is 13.5. The lowest BCUT2D eigenvalue weighted by molar-refractivity contribution is -0.142. The fraction of sp³-hybridized carbons (Fsp3) is 0.458. The third-order valence-electron chi connectivity index (χ3n) is 5.55. The van der Waals surface area contributed by atoms with Gasteiger partial charge < -0.3 is 49.7 Å². The van der Waals surface area contributed by atoms with Crippen molar-refractivity contribution in [2.75, 3.05) is 6.54 Å². The fourth-order valence-electron chi connectivity index (χ4n) is 3.51. The number of nitrogens with two attached hydrogens (primary N) is 5. The molecule has 0 bridgehead atoms. The third kappa shape index (κ3) is 13.2. The number of hydrogen-bond acceptors (Lipinski definition) is 8. The summed E-state index contributed by atoms with van der Waals surface area (Å²) < 4.78 is 0. The van der Waals surface area contributed by atoms with Crippen LogP contribution in [0.5, 0.6) is 0 Å². The minimum absolute atomic E-state index is 0.0102. The monoisotopic (exact) mass is 563 g/mol. The second kappa shape index (κ2) is 17.0. The Morgan fingerprint density at radius 2 is 1.32 bits per heavy atom. The fourth-order valence-corrected chi connectivity index (χ4v) is 3.51. The minimum Gasteiger partial charge on any atom is -0.480 e. The molecule has 14 N–H and O–H groups in total. The summed E-state index contributed by atoms with van der Waals surface area (Å²) in [7, 11) is 0. The molecule has 40 heavy (non-hydrogen) atoms. The smallest absolute Gasteiger partial charge is 0.326 e. The van der Waals surface area contributed by atoms with Gasteiger partial charge in [-0.15, -0.1) is 0 Å². The van der Waals surface area contributed by atoms with Crippen molar-refractivity contribution in [1.29, 1.82) is 0 Å². The molecule has 0 saturated carbocycles. The number of carboxylic acids is 1. The number of rotatable bonds is 18. The van der Waals surface area contributed by atoms with Crippen LogP contribution in [0.2, 0.25) is 0 Å². The first kappa shape index (κ1) is 33.3. The third-order valence-corrected chi connectivity index (χ3v) is 5.55. The summed E-state index contributed by atoms with van der Waals surface area (Å²) in [5.74, 6) is -5.67. The van der Waals surface area contributed by atoms with Crippen molar-refractivity contribution in [2.24, 2.45) is 33.7 Å². The number of guanidine groups is 1. The van der Waals surface area contributed by atoms with E-state index in [0.29, 0.717) is 5.56 Å². The number of primary amides is 2. The van der Waals surface area contributed by atoms with Crippen molar-refractivity contribution in [3.8, 4) is 0 Å². The van der Waals surface area contributed by atoms with E-state index in [9.17, 15) is 33.9 Å². The first-order valence-corrected chi connectivity index (χ1v) is 12.4. The molecule has 0 heterocycles. The van der Waals surface area contributed by atoms with Crippen molar-refractivity contribution in [2.45, 2.75) is 62.7 Å². The predicted molar refractivity (Wildman–Crippen MR) is 144 cm³/mol. The molecule has 4 unspecified atom stereocenters. The molecular weight excluding hydrogens is 526 g/mol. The number of nitrogens with one attached hydrogen (secondary N) is 3. The van der Waals surface area contributed by atoms with Gasteiger partial charge in [-0.3, -0.25) is 29.0 Å². The number of nitrogens with zero attached hydrogens (tertiary/aromatic N) is 1. The van der Waals surface area contributed by atoms with E-state index in [-0.39, 0.29) is 44.6 Å². The number of carbonyl (C=O) groups excluding carboxylic acids is 5. The minimum atomic E-state index is -1.37. The highest BCUT2D eigenvalue weighted by Gasteiger charge is 2.30. The molecule has 16 nitrogen and oxygen atoms in total. The maximum Gasteiger partial charge on any atom is 0.326 e. The average Bonchev–Trinajstić information content (AvgIpc) is 2.87. The van der Waals surface area contributed by atoms with Gasteiger partial charge in [-0.05, 0) is 24.8 Å². The Morgan fingerprint density at radius 3 is 1.85 bits per heavy atom. The molecule has 0 aliphatic rings. The predicted octanol–water partition coefficient (Wildman–Crippen LogP) is -3.71. The molecule has 1 aromatic carbocycles. The maximum atomic E-state index is 13.1. The number of aliphatic imine (C=N–C) groups is 1. The Morgan fingerprint density at radius 1 is 0.775 bits per heavy atom. The number of amides is 5. The number of carbonyl (C=O) groups is 6. The first-order chi connectivity index (χ1) is 18.8. The molecule has 0 saturated heterocycles. The van der Waals surface area contributed by atoms with Crippen LogP contribution in [0.3, 0.4) is 0 Å². The molecule has 0 aliphatic carbocycles. The zero-order valence-electron chi connectivity index (χ0n) is 21.9. The number of benzene rings is 1. The Hall–Kier alpha value is -4.73. The van der Waals surface area contributed by atoms with Crippen molar-refractivity contribution in [1.82, 2.24) is 16.0 Å². The van der Waals surface area contributed by atoms with E-state index in [0.717, 1.165) is 0 Å². The molecular formula is C24H37N9O7. The van der Waals surface area contributed by atoms with Gasteiger partial charge in [-0.1, -0.05) is 30.3 Å². The molecule has 0 radical (unpaired) electrons. The lowest BCUT2D eigenvalue weighted by atomic mass is 10.0. The first-order valence-electron chi connectivity index (χ1n) is 12.4. The van der Waals surface area contributed by atoms with Crippen LogP contribution in [0.25, 0.3) is 0 Å². The van der Waals surface area contributed by atoms with Crippen LogP contribution in [-0.4, -0.2) is 77.3 Å². The van der Waals surface area contributed by atoms with E-state index >= 15 is 0 Å². The molecule has 1 aromatic rings. The highest BCUT2D eigenvalue weighted by molar-refractivity contribution is 5.95. The van der Waals surface area contributed by atoms with Crippen LogP contribution in [0.15, 0.2) is 35.3 Å². The standard InChI is InChI=1S/C24H37N9O7/c25-14(12-19(27)35)20(36)31-16(8-9-18(26)34)22(38)32-15(7-4-10-30-24(28)29)21(37)33-17(23(39)40)11-13-5-2-1-3-6-13/h1-3,5-6,14-17H,4,7-12,25H2,(H2,26,34)(H2,27,35)(H,31,36)(H,32,38)(H,33,37)(H,39,40)(H4,28,29,30). The van der Waals surface area contributed by atoms with Crippen LogP contribution in [0.4, 0.5) is 0 Å². The summed E-state index contributed by atoms with van der Waals surface area (Å²) in [5.41, 5.74) is 27.2. The summed E-state index contributed by atoms with van der Waals surface area (Å²) in [4.78, 5) is 76.8. The zero-order valence-corrected chi connectivity index (χ0v) is 21.9.